The molecule has 176 valence electrons. The van der Waals surface area contributed by atoms with Crippen molar-refractivity contribution in [2.45, 2.75) is 32.7 Å². The van der Waals surface area contributed by atoms with E-state index in [2.05, 4.69) is 12.1 Å². The maximum Gasteiger partial charge on any atom is 0.242 e. The number of hydrogen-bond donors (Lipinski definition) is 0. The third-order valence-corrected chi connectivity index (χ3v) is 7.36. The van der Waals surface area contributed by atoms with Crippen LogP contribution in [0.5, 0.6) is 0 Å². The van der Waals surface area contributed by atoms with Gasteiger partial charge >= 0.3 is 0 Å². The van der Waals surface area contributed by atoms with Gasteiger partial charge in [0.05, 0.1) is 27.3 Å². The Morgan fingerprint density at radius 3 is 2.51 bits per heavy atom. The third-order valence-electron chi connectivity index (χ3n) is 6.29. The number of aromatic nitrogens is 1. The van der Waals surface area contributed by atoms with Crippen LogP contribution in [0.15, 0.2) is 71.8 Å². The summed E-state index contributed by atoms with van der Waals surface area (Å²) in [6.45, 7) is 3.80. The number of carbonyl (C=O) groups is 1. The number of nitrogens with zero attached hydrogens (tertiary/aromatic N) is 3. The molecule has 3 aromatic carbocycles. The lowest BCUT2D eigenvalue weighted by atomic mass is 9.89. The molecule has 1 aliphatic rings. The average molecular weight is 523 g/mol. The van der Waals surface area contributed by atoms with Crippen molar-refractivity contribution < 1.29 is 4.79 Å². The number of halogens is 3. The normalized spacial score (nSPS) is 15.5. The van der Waals surface area contributed by atoms with E-state index in [4.69, 9.17) is 44.9 Å². The number of benzene rings is 3. The first-order chi connectivity index (χ1) is 16.9. The van der Waals surface area contributed by atoms with Crippen molar-refractivity contribution in [2.24, 2.45) is 5.10 Å². The minimum absolute atomic E-state index is 0.0829. The first-order valence-corrected chi connectivity index (χ1v) is 12.5. The van der Waals surface area contributed by atoms with Gasteiger partial charge in [0.1, 0.15) is 0 Å². The molecule has 0 N–H and O–H groups in total. The highest BCUT2D eigenvalue weighted by Gasteiger charge is 2.35. The van der Waals surface area contributed by atoms with Crippen LogP contribution in [-0.4, -0.2) is 21.6 Å². The van der Waals surface area contributed by atoms with Crippen molar-refractivity contribution >= 4 is 57.3 Å². The molecular weight excluding hydrogens is 501 g/mol. The van der Waals surface area contributed by atoms with Gasteiger partial charge in [-0.2, -0.15) is 5.10 Å². The Bertz CT molecular complexity index is 1480. The summed E-state index contributed by atoms with van der Waals surface area (Å²) in [5, 5.41) is 8.90. The van der Waals surface area contributed by atoms with Gasteiger partial charge in [0.15, 0.2) is 0 Å². The van der Waals surface area contributed by atoms with Gasteiger partial charge in [-0.25, -0.2) is 5.01 Å². The molecule has 0 aliphatic carbocycles. The van der Waals surface area contributed by atoms with E-state index in [1.54, 1.807) is 11.1 Å². The second kappa shape index (κ2) is 9.62. The van der Waals surface area contributed by atoms with Crippen LogP contribution in [0, 0.1) is 6.92 Å². The number of hydrogen-bond acceptors (Lipinski definition) is 3. The van der Waals surface area contributed by atoms with Crippen LogP contribution >= 0.6 is 34.8 Å². The van der Waals surface area contributed by atoms with Crippen molar-refractivity contribution in [3.05, 3.63) is 98.6 Å². The van der Waals surface area contributed by atoms with E-state index in [0.717, 1.165) is 44.6 Å². The fourth-order valence-electron chi connectivity index (χ4n) is 4.69. The van der Waals surface area contributed by atoms with Crippen molar-refractivity contribution in [3.63, 3.8) is 0 Å². The highest BCUT2D eigenvalue weighted by Crippen LogP contribution is 2.42. The van der Waals surface area contributed by atoms with E-state index in [0.29, 0.717) is 27.9 Å². The number of carbonyl (C=O) groups excluding carboxylic acids is 1. The smallest absolute Gasteiger partial charge is 0.242 e. The zero-order valence-electron chi connectivity index (χ0n) is 19.2. The first kappa shape index (κ1) is 23.8. The van der Waals surface area contributed by atoms with Crippen molar-refractivity contribution in [1.82, 2.24) is 9.99 Å². The van der Waals surface area contributed by atoms with Crippen LogP contribution in [0.1, 0.15) is 42.6 Å². The number of fused-ring (bicyclic) bond motifs is 1. The van der Waals surface area contributed by atoms with E-state index < -0.39 is 0 Å². The Kier molecular flexibility index (Phi) is 6.54. The second-order valence-electron chi connectivity index (χ2n) is 8.48. The predicted octanol–water partition coefficient (Wildman–Crippen LogP) is 8.26. The third kappa shape index (κ3) is 4.31. The fourth-order valence-corrected chi connectivity index (χ4v) is 5.29. The highest BCUT2D eigenvalue weighted by molar-refractivity contribution is 6.42. The SMILES string of the molecule is CCC(=O)N1N=C(c2c(C)nc3cc(Cl)ccc3c2-c2ccccc2)CC1c1cccc(Cl)c1Cl. The zero-order chi connectivity index (χ0) is 24.7. The summed E-state index contributed by atoms with van der Waals surface area (Å²) in [4.78, 5) is 17.8. The molecule has 0 radical (unpaired) electrons. The lowest BCUT2D eigenvalue weighted by Crippen LogP contribution is -2.26. The Balaban J connectivity index is 1.74. The van der Waals surface area contributed by atoms with E-state index in [1.807, 2.05) is 62.4 Å². The summed E-state index contributed by atoms with van der Waals surface area (Å²) in [7, 11) is 0. The molecule has 4 aromatic rings. The maximum atomic E-state index is 13.0. The molecule has 1 atom stereocenters. The van der Waals surface area contributed by atoms with E-state index >= 15 is 0 Å². The maximum absolute atomic E-state index is 13.0. The van der Waals surface area contributed by atoms with Crippen molar-refractivity contribution in [1.29, 1.82) is 0 Å². The van der Waals surface area contributed by atoms with Gasteiger partial charge < -0.3 is 0 Å². The molecule has 0 saturated carbocycles. The molecule has 2 heterocycles. The lowest BCUT2D eigenvalue weighted by Gasteiger charge is -2.22. The van der Waals surface area contributed by atoms with Gasteiger partial charge in [-0.1, -0.05) is 90.3 Å². The van der Waals surface area contributed by atoms with E-state index in [-0.39, 0.29) is 11.9 Å². The summed E-state index contributed by atoms with van der Waals surface area (Å²) in [5.74, 6) is -0.0829. The number of hydrazone groups is 1. The lowest BCUT2D eigenvalue weighted by molar-refractivity contribution is -0.132. The summed E-state index contributed by atoms with van der Waals surface area (Å²) < 4.78 is 0. The molecule has 1 amide bonds. The number of amides is 1. The molecule has 5 rings (SSSR count). The minimum atomic E-state index is -0.354. The topological polar surface area (TPSA) is 45.6 Å². The Hall–Kier alpha value is -2.92. The Morgan fingerprint density at radius 1 is 1.00 bits per heavy atom. The number of aryl methyl sites for hydroxylation is 1. The van der Waals surface area contributed by atoms with Gasteiger partial charge in [-0.15, -0.1) is 0 Å². The molecule has 0 fully saturated rings. The number of rotatable bonds is 4. The number of pyridine rings is 1. The quantitative estimate of drug-likeness (QED) is 0.271. The molecule has 0 bridgehead atoms. The van der Waals surface area contributed by atoms with Gasteiger partial charge in [0, 0.05) is 40.1 Å². The molecule has 1 aliphatic heterocycles. The van der Waals surface area contributed by atoms with Crippen molar-refractivity contribution in [3.8, 4) is 11.1 Å². The summed E-state index contributed by atoms with van der Waals surface area (Å²) >= 11 is 19.2. The molecule has 1 unspecified atom stereocenters. The van der Waals surface area contributed by atoms with E-state index in [1.165, 1.54) is 0 Å². The monoisotopic (exact) mass is 521 g/mol. The molecule has 0 saturated heterocycles. The van der Waals surface area contributed by atoms with Gasteiger partial charge in [-0.3, -0.25) is 9.78 Å². The average Bonchev–Trinajstić information content (AvgIpc) is 3.29. The molecule has 35 heavy (non-hydrogen) atoms. The van der Waals surface area contributed by atoms with Crippen LogP contribution in [-0.2, 0) is 4.79 Å². The van der Waals surface area contributed by atoms with Crippen LogP contribution in [0.4, 0.5) is 0 Å². The molecule has 1 aromatic heterocycles. The van der Waals surface area contributed by atoms with Gasteiger partial charge in [0.25, 0.3) is 0 Å². The Labute approximate surface area is 219 Å². The van der Waals surface area contributed by atoms with Crippen LogP contribution in [0.25, 0.3) is 22.0 Å². The molecule has 7 heteroatoms. The van der Waals surface area contributed by atoms with Crippen molar-refractivity contribution in [2.75, 3.05) is 0 Å². The largest absolute Gasteiger partial charge is 0.273 e. The summed E-state index contributed by atoms with van der Waals surface area (Å²) in [6, 6.07) is 21.0. The molecular formula is C28H22Cl3N3O. The fraction of sp³-hybridized carbons (Fsp3) is 0.179. The predicted molar refractivity (Wildman–Crippen MR) is 144 cm³/mol. The van der Waals surface area contributed by atoms with E-state index in [9.17, 15) is 4.79 Å². The van der Waals surface area contributed by atoms with Gasteiger partial charge in [0.2, 0.25) is 5.91 Å². The summed E-state index contributed by atoms with van der Waals surface area (Å²) in [6.07, 6.45) is 0.817. The van der Waals surface area contributed by atoms with Gasteiger partial charge in [-0.05, 0) is 36.2 Å². The Morgan fingerprint density at radius 2 is 1.77 bits per heavy atom. The highest BCUT2D eigenvalue weighted by atomic mass is 35.5. The zero-order valence-corrected chi connectivity index (χ0v) is 21.5. The second-order valence-corrected chi connectivity index (χ2v) is 9.70. The minimum Gasteiger partial charge on any atom is -0.273 e. The van der Waals surface area contributed by atoms with Crippen LogP contribution < -0.4 is 0 Å². The standard InChI is InChI=1S/C28H22Cl3N3O/c1-3-25(35)34-24(20-10-7-11-21(30)28(20)31)15-23(33-34)26-16(2)32-22-14-18(29)12-13-19(22)27(26)17-8-5-4-6-9-17/h4-14,24H,3,15H2,1-2H3. The van der Waals surface area contributed by atoms with Crippen LogP contribution in [0.2, 0.25) is 15.1 Å². The molecule has 4 nitrogen and oxygen atoms in total. The summed E-state index contributed by atoms with van der Waals surface area (Å²) in [5.41, 5.74) is 6.17. The molecule has 0 spiro atoms. The van der Waals surface area contributed by atoms with Crippen LogP contribution in [0.3, 0.4) is 0 Å². The first-order valence-electron chi connectivity index (χ1n) is 11.4.